The Labute approximate surface area is 161 Å². The molecule has 1 fully saturated rings. The van der Waals surface area contributed by atoms with Gasteiger partial charge >= 0.3 is 0 Å². The largest absolute Gasteiger partial charge is 0.492 e. The SMILES string of the molecule is O=C1CCCCN1CCOc1ccc2c(c1)C(=O)N(CCCO[N+](=O)[O-])C2=O. The second-order valence-corrected chi connectivity index (χ2v) is 6.57. The summed E-state index contributed by atoms with van der Waals surface area (Å²) in [7, 11) is 0. The number of benzene rings is 1. The van der Waals surface area contributed by atoms with Crippen molar-refractivity contribution in [1.82, 2.24) is 9.80 Å². The molecule has 0 radical (unpaired) electrons. The number of likely N-dealkylation sites (tertiary alicyclic amines) is 1. The highest BCUT2D eigenvalue weighted by Gasteiger charge is 2.35. The zero-order chi connectivity index (χ0) is 20.1. The van der Waals surface area contributed by atoms with Crippen molar-refractivity contribution in [3.05, 3.63) is 39.4 Å². The highest BCUT2D eigenvalue weighted by molar-refractivity contribution is 6.21. The molecule has 0 spiro atoms. The van der Waals surface area contributed by atoms with Crippen LogP contribution in [0.5, 0.6) is 5.75 Å². The van der Waals surface area contributed by atoms with Gasteiger partial charge in [0.15, 0.2) is 0 Å². The number of imide groups is 1. The van der Waals surface area contributed by atoms with Crippen LogP contribution in [0.1, 0.15) is 46.4 Å². The fourth-order valence-corrected chi connectivity index (χ4v) is 3.30. The summed E-state index contributed by atoms with van der Waals surface area (Å²) >= 11 is 0. The highest BCUT2D eigenvalue weighted by Crippen LogP contribution is 2.27. The maximum Gasteiger partial charge on any atom is 0.294 e. The highest BCUT2D eigenvalue weighted by atomic mass is 16.9. The van der Waals surface area contributed by atoms with Crippen molar-refractivity contribution in [2.45, 2.75) is 25.7 Å². The fourth-order valence-electron chi connectivity index (χ4n) is 3.30. The minimum Gasteiger partial charge on any atom is -0.492 e. The molecule has 0 unspecified atom stereocenters. The number of piperidine rings is 1. The maximum atomic E-state index is 12.5. The molecule has 2 aliphatic rings. The van der Waals surface area contributed by atoms with Crippen molar-refractivity contribution in [1.29, 1.82) is 0 Å². The van der Waals surface area contributed by atoms with Gasteiger partial charge in [-0.15, -0.1) is 10.1 Å². The zero-order valence-electron chi connectivity index (χ0n) is 15.3. The van der Waals surface area contributed by atoms with Crippen molar-refractivity contribution >= 4 is 17.7 Å². The Morgan fingerprint density at radius 1 is 1.04 bits per heavy atom. The second kappa shape index (κ2) is 8.68. The molecule has 1 aromatic carbocycles. The fraction of sp³-hybridized carbons (Fsp3) is 0.500. The van der Waals surface area contributed by atoms with Gasteiger partial charge in [-0.1, -0.05) is 0 Å². The Bertz CT molecular complexity index is 795. The average Bonchev–Trinajstić information content (AvgIpc) is 2.91. The zero-order valence-corrected chi connectivity index (χ0v) is 15.3. The van der Waals surface area contributed by atoms with Crippen molar-refractivity contribution in [2.24, 2.45) is 0 Å². The summed E-state index contributed by atoms with van der Waals surface area (Å²) in [6.07, 6.45) is 2.65. The molecule has 0 bridgehead atoms. The Morgan fingerprint density at radius 2 is 1.82 bits per heavy atom. The van der Waals surface area contributed by atoms with Gasteiger partial charge in [-0.3, -0.25) is 19.3 Å². The Kier molecular flexibility index (Phi) is 6.07. The molecule has 150 valence electrons. The average molecular weight is 391 g/mol. The molecule has 2 heterocycles. The number of hydrogen-bond acceptors (Lipinski definition) is 7. The first-order valence-corrected chi connectivity index (χ1v) is 9.15. The molecule has 0 atom stereocenters. The topological polar surface area (TPSA) is 119 Å². The van der Waals surface area contributed by atoms with E-state index in [1.165, 1.54) is 12.1 Å². The lowest BCUT2D eigenvalue weighted by atomic mass is 10.1. The van der Waals surface area contributed by atoms with Crippen LogP contribution in [-0.4, -0.2) is 65.5 Å². The first-order valence-electron chi connectivity index (χ1n) is 9.15. The van der Waals surface area contributed by atoms with E-state index in [2.05, 4.69) is 4.84 Å². The first-order chi connectivity index (χ1) is 13.5. The minimum absolute atomic E-state index is 0.0352. The lowest BCUT2D eigenvalue weighted by molar-refractivity contribution is -0.757. The molecule has 2 aliphatic heterocycles. The number of hydrogen-bond donors (Lipinski definition) is 0. The molecular weight excluding hydrogens is 370 g/mol. The van der Waals surface area contributed by atoms with Crippen LogP contribution in [0, 0.1) is 10.1 Å². The van der Waals surface area contributed by atoms with E-state index in [4.69, 9.17) is 4.74 Å². The van der Waals surface area contributed by atoms with Crippen molar-refractivity contribution in [3.8, 4) is 5.75 Å². The van der Waals surface area contributed by atoms with E-state index >= 15 is 0 Å². The van der Waals surface area contributed by atoms with Crippen molar-refractivity contribution < 1.29 is 29.0 Å². The molecule has 28 heavy (non-hydrogen) atoms. The third-order valence-electron chi connectivity index (χ3n) is 4.72. The first kappa shape index (κ1) is 19.6. The van der Waals surface area contributed by atoms with Crippen molar-refractivity contribution in [3.63, 3.8) is 0 Å². The molecular formula is C18H21N3O7. The van der Waals surface area contributed by atoms with Gasteiger partial charge in [0.25, 0.3) is 16.9 Å². The maximum absolute atomic E-state index is 12.5. The molecule has 1 saturated heterocycles. The summed E-state index contributed by atoms with van der Waals surface area (Å²) in [6, 6.07) is 4.66. The summed E-state index contributed by atoms with van der Waals surface area (Å²) in [4.78, 5) is 53.8. The smallest absolute Gasteiger partial charge is 0.294 e. The molecule has 3 rings (SSSR count). The van der Waals surface area contributed by atoms with Gasteiger partial charge < -0.3 is 14.5 Å². The summed E-state index contributed by atoms with van der Waals surface area (Å²) in [5.74, 6) is -0.325. The number of rotatable bonds is 9. The van der Waals surface area contributed by atoms with Gasteiger partial charge in [0.1, 0.15) is 12.4 Å². The number of carbonyl (C=O) groups excluding carboxylic acids is 3. The van der Waals surface area contributed by atoms with Gasteiger partial charge in [0.05, 0.1) is 24.3 Å². The molecule has 10 heteroatoms. The number of fused-ring (bicyclic) bond motifs is 1. The van der Waals surface area contributed by atoms with E-state index in [-0.39, 0.29) is 36.6 Å². The molecule has 1 aromatic rings. The molecule has 0 aromatic heterocycles. The van der Waals surface area contributed by atoms with E-state index in [9.17, 15) is 24.5 Å². The van der Waals surface area contributed by atoms with Gasteiger partial charge in [0.2, 0.25) is 5.91 Å². The number of ether oxygens (including phenoxy) is 1. The van der Waals surface area contributed by atoms with Crippen molar-refractivity contribution in [2.75, 3.05) is 32.8 Å². The van der Waals surface area contributed by atoms with E-state index in [0.29, 0.717) is 25.3 Å². The quantitative estimate of drug-likeness (QED) is 0.269. The monoisotopic (exact) mass is 391 g/mol. The summed E-state index contributed by atoms with van der Waals surface area (Å²) in [6.45, 7) is 1.35. The van der Waals surface area contributed by atoms with E-state index in [0.717, 1.165) is 24.3 Å². The second-order valence-electron chi connectivity index (χ2n) is 6.57. The summed E-state index contributed by atoms with van der Waals surface area (Å²) < 4.78 is 5.66. The molecule has 0 aliphatic carbocycles. The van der Waals surface area contributed by atoms with E-state index < -0.39 is 16.9 Å². The Hall–Kier alpha value is -3.17. The predicted octanol–water partition coefficient (Wildman–Crippen LogP) is 1.27. The Balaban J connectivity index is 1.55. The van der Waals surface area contributed by atoms with E-state index in [1.54, 1.807) is 11.0 Å². The third-order valence-corrected chi connectivity index (χ3v) is 4.72. The summed E-state index contributed by atoms with van der Waals surface area (Å²) in [5, 5.41) is 9.23. The van der Waals surface area contributed by atoms with Gasteiger partial charge in [-0.2, -0.15) is 0 Å². The standard InChI is InChI=1S/C18H21N3O7/c22-16-4-1-2-7-19(16)9-11-27-13-5-6-14-15(12-13)18(24)20(17(14)23)8-3-10-28-21(25)26/h5-6,12H,1-4,7-11H2. The van der Waals surface area contributed by atoms with E-state index in [1.807, 2.05) is 0 Å². The van der Waals surface area contributed by atoms with Gasteiger partial charge in [-0.25, -0.2) is 0 Å². The molecule has 0 saturated carbocycles. The normalized spacial score (nSPS) is 16.4. The lowest BCUT2D eigenvalue weighted by Gasteiger charge is -2.26. The van der Waals surface area contributed by atoms with Crippen LogP contribution >= 0.6 is 0 Å². The molecule has 10 nitrogen and oxygen atoms in total. The Morgan fingerprint density at radius 3 is 2.57 bits per heavy atom. The number of amides is 3. The van der Waals surface area contributed by atoms with Crippen LogP contribution in [0.2, 0.25) is 0 Å². The van der Waals surface area contributed by atoms with Crippen LogP contribution in [0.25, 0.3) is 0 Å². The number of carbonyl (C=O) groups is 3. The predicted molar refractivity (Wildman–Crippen MR) is 95.3 cm³/mol. The van der Waals surface area contributed by atoms with Crippen LogP contribution < -0.4 is 4.74 Å². The number of nitrogens with zero attached hydrogens (tertiary/aromatic N) is 3. The van der Waals surface area contributed by atoms with Crippen LogP contribution in [0.4, 0.5) is 0 Å². The van der Waals surface area contributed by atoms with Crippen LogP contribution in [-0.2, 0) is 9.63 Å². The van der Waals surface area contributed by atoms with Crippen LogP contribution in [0.3, 0.4) is 0 Å². The van der Waals surface area contributed by atoms with Gasteiger partial charge in [-0.05, 0) is 37.5 Å². The molecule has 0 N–H and O–H groups in total. The van der Waals surface area contributed by atoms with Crippen LogP contribution in [0.15, 0.2) is 18.2 Å². The molecule has 3 amide bonds. The van der Waals surface area contributed by atoms with Gasteiger partial charge in [0, 0.05) is 19.5 Å². The summed E-state index contributed by atoms with van der Waals surface area (Å²) in [5.41, 5.74) is 0.519. The lowest BCUT2D eigenvalue weighted by Crippen LogP contribution is -2.38. The minimum atomic E-state index is -0.913. The third kappa shape index (κ3) is 4.38.